The van der Waals surface area contributed by atoms with Crippen molar-refractivity contribution in [3.05, 3.63) is 107 Å². The summed E-state index contributed by atoms with van der Waals surface area (Å²) in [7, 11) is -3.96. The molecule has 7 nitrogen and oxygen atoms in total. The third-order valence-corrected chi connectivity index (χ3v) is 8.56. The summed E-state index contributed by atoms with van der Waals surface area (Å²) in [6.07, 6.45) is 0. The third-order valence-electron chi connectivity index (χ3n) is 5.52. The summed E-state index contributed by atoms with van der Waals surface area (Å²) in [5, 5.41) is 0. The van der Waals surface area contributed by atoms with E-state index in [9.17, 15) is 18.0 Å². The van der Waals surface area contributed by atoms with E-state index in [1.807, 2.05) is 48.5 Å². The molecule has 1 aliphatic heterocycles. The molecule has 186 valence electrons. The molecule has 0 radical (unpaired) electrons. The molecule has 0 atom stereocenters. The van der Waals surface area contributed by atoms with Gasteiger partial charge in [-0.25, -0.2) is 13.2 Å². The number of carbonyl (C=O) groups is 2. The van der Waals surface area contributed by atoms with Gasteiger partial charge in [0, 0.05) is 14.3 Å². The van der Waals surface area contributed by atoms with Gasteiger partial charge in [-0.2, -0.15) is 0 Å². The van der Waals surface area contributed by atoms with Crippen molar-refractivity contribution in [3.63, 3.8) is 0 Å². The second-order valence-electron chi connectivity index (χ2n) is 7.95. The molecule has 0 unspecified atom stereocenters. The van der Waals surface area contributed by atoms with Crippen LogP contribution in [-0.2, 0) is 19.6 Å². The van der Waals surface area contributed by atoms with Crippen LogP contribution in [0.2, 0.25) is 0 Å². The molecule has 0 spiro atoms. The van der Waals surface area contributed by atoms with Crippen molar-refractivity contribution in [1.29, 1.82) is 0 Å². The number of nitrogens with one attached hydrogen (secondary N) is 1. The lowest BCUT2D eigenvalue weighted by atomic mass is 10.2. The number of carbonyl (C=O) groups excluding carboxylic acids is 2. The van der Waals surface area contributed by atoms with Crippen LogP contribution in [0.3, 0.4) is 0 Å². The Balaban J connectivity index is 1.35. The Labute approximate surface area is 226 Å². The number of halogens is 1. The summed E-state index contributed by atoms with van der Waals surface area (Å²) in [6, 6.07) is 27.2. The van der Waals surface area contributed by atoms with Gasteiger partial charge in [0.05, 0.1) is 27.5 Å². The monoisotopic (exact) mass is 594 g/mol. The van der Waals surface area contributed by atoms with Gasteiger partial charge < -0.3 is 4.74 Å². The highest BCUT2D eigenvalue weighted by Gasteiger charge is 2.29. The van der Waals surface area contributed by atoms with Gasteiger partial charge in [0.1, 0.15) is 0 Å². The predicted molar refractivity (Wildman–Crippen MR) is 146 cm³/mol. The van der Waals surface area contributed by atoms with E-state index >= 15 is 0 Å². The molecule has 4 aromatic rings. The number of ether oxygens (including phenoxy) is 1. The molecule has 0 aromatic heterocycles. The van der Waals surface area contributed by atoms with Crippen LogP contribution in [0.4, 0.5) is 17.1 Å². The molecule has 1 amide bonds. The Bertz CT molecular complexity index is 1560. The molecule has 1 heterocycles. The number of anilines is 3. The number of fused-ring (bicyclic) bond motifs is 2. The summed E-state index contributed by atoms with van der Waals surface area (Å²) in [5.41, 5.74) is 1.45. The smallest absolute Gasteiger partial charge is 0.340 e. The van der Waals surface area contributed by atoms with Crippen molar-refractivity contribution >= 4 is 66.7 Å². The first-order valence-corrected chi connectivity index (χ1v) is 14.2. The van der Waals surface area contributed by atoms with Gasteiger partial charge in [-0.05, 0) is 60.7 Å². The largest absolute Gasteiger partial charge is 0.452 e. The van der Waals surface area contributed by atoms with Gasteiger partial charge in [0.2, 0.25) is 0 Å². The molecule has 0 saturated heterocycles. The summed E-state index contributed by atoms with van der Waals surface area (Å²) in [4.78, 5) is 29.7. The van der Waals surface area contributed by atoms with Crippen LogP contribution in [0, 0.1) is 0 Å². The molecule has 10 heteroatoms. The van der Waals surface area contributed by atoms with E-state index in [1.165, 1.54) is 29.2 Å². The van der Waals surface area contributed by atoms with Gasteiger partial charge in [-0.3, -0.25) is 14.4 Å². The zero-order valence-electron chi connectivity index (χ0n) is 19.1. The summed E-state index contributed by atoms with van der Waals surface area (Å²) < 4.78 is 34.2. The normalized spacial score (nSPS) is 12.3. The Hall–Kier alpha value is -3.60. The van der Waals surface area contributed by atoms with Crippen LogP contribution in [0.25, 0.3) is 0 Å². The standard InChI is InChI=1S/C27H19BrN2O5S2/c28-18-13-15-19(16-14-18)37(33,34)29-21-8-2-1-7-20(21)27(32)35-17-26(31)30-22-9-3-5-11-24(22)36-25-12-6-4-10-23(25)30/h1-16,29H,17H2. The number of amides is 1. The zero-order valence-corrected chi connectivity index (χ0v) is 22.3. The average molecular weight is 595 g/mol. The zero-order chi connectivity index (χ0) is 26.0. The minimum atomic E-state index is -3.96. The fraction of sp³-hybridized carbons (Fsp3) is 0.0370. The summed E-state index contributed by atoms with van der Waals surface area (Å²) >= 11 is 4.84. The van der Waals surface area contributed by atoms with Crippen molar-refractivity contribution in [3.8, 4) is 0 Å². The second kappa shape index (κ2) is 10.4. The Morgan fingerprint density at radius 2 is 1.38 bits per heavy atom. The molecule has 37 heavy (non-hydrogen) atoms. The fourth-order valence-electron chi connectivity index (χ4n) is 3.81. The van der Waals surface area contributed by atoms with E-state index in [1.54, 1.807) is 36.0 Å². The Kier molecular flexibility index (Phi) is 7.05. The number of nitrogens with zero attached hydrogens (tertiary/aromatic N) is 1. The van der Waals surface area contributed by atoms with Gasteiger partial charge in [0.15, 0.2) is 6.61 Å². The Morgan fingerprint density at radius 3 is 2.03 bits per heavy atom. The second-order valence-corrected chi connectivity index (χ2v) is 11.6. The number of benzene rings is 4. The van der Waals surface area contributed by atoms with Crippen LogP contribution in [-0.4, -0.2) is 26.9 Å². The van der Waals surface area contributed by atoms with Gasteiger partial charge >= 0.3 is 5.97 Å². The maximum atomic E-state index is 13.3. The number of rotatable bonds is 6. The number of hydrogen-bond acceptors (Lipinski definition) is 6. The van der Waals surface area contributed by atoms with Gasteiger partial charge in [-0.15, -0.1) is 0 Å². The topological polar surface area (TPSA) is 92.8 Å². The van der Waals surface area contributed by atoms with Crippen molar-refractivity contribution in [2.75, 3.05) is 16.2 Å². The minimum Gasteiger partial charge on any atom is -0.452 e. The summed E-state index contributed by atoms with van der Waals surface area (Å²) in [6.45, 7) is -0.528. The lowest BCUT2D eigenvalue weighted by Crippen LogP contribution is -2.32. The first-order valence-electron chi connectivity index (χ1n) is 11.1. The number of sulfonamides is 1. The van der Waals surface area contributed by atoms with Crippen LogP contribution < -0.4 is 9.62 Å². The Morgan fingerprint density at radius 1 is 0.811 bits per heavy atom. The van der Waals surface area contributed by atoms with E-state index in [4.69, 9.17) is 4.74 Å². The van der Waals surface area contributed by atoms with Crippen LogP contribution in [0.5, 0.6) is 0 Å². The van der Waals surface area contributed by atoms with Crippen molar-refractivity contribution in [1.82, 2.24) is 0 Å². The highest BCUT2D eigenvalue weighted by molar-refractivity contribution is 9.10. The van der Waals surface area contributed by atoms with Gasteiger partial charge in [0.25, 0.3) is 15.9 Å². The molecule has 1 N–H and O–H groups in total. The van der Waals surface area contributed by atoms with Crippen molar-refractivity contribution < 1.29 is 22.7 Å². The molecule has 4 aromatic carbocycles. The maximum Gasteiger partial charge on any atom is 0.340 e. The van der Waals surface area contributed by atoms with E-state index < -0.39 is 28.5 Å². The molecule has 0 aliphatic carbocycles. The lowest BCUT2D eigenvalue weighted by Gasteiger charge is -2.30. The minimum absolute atomic E-state index is 0.00835. The van der Waals surface area contributed by atoms with E-state index in [0.29, 0.717) is 11.4 Å². The molecule has 1 aliphatic rings. The summed E-state index contributed by atoms with van der Waals surface area (Å²) in [5.74, 6) is -1.25. The van der Waals surface area contributed by atoms with Crippen molar-refractivity contribution in [2.24, 2.45) is 0 Å². The molecular weight excluding hydrogens is 576 g/mol. The predicted octanol–water partition coefficient (Wildman–Crippen LogP) is 6.24. The quantitative estimate of drug-likeness (QED) is 0.266. The van der Waals surface area contributed by atoms with E-state index in [-0.39, 0.29) is 16.1 Å². The molecule has 0 fully saturated rings. The van der Waals surface area contributed by atoms with Crippen LogP contribution in [0.1, 0.15) is 10.4 Å². The maximum absolute atomic E-state index is 13.3. The van der Waals surface area contributed by atoms with E-state index in [0.717, 1.165) is 14.3 Å². The SMILES string of the molecule is O=C(OCC(=O)N1c2ccccc2Sc2ccccc21)c1ccccc1NS(=O)(=O)c1ccc(Br)cc1. The number of para-hydroxylation sites is 3. The number of esters is 1. The van der Waals surface area contributed by atoms with E-state index in [2.05, 4.69) is 20.7 Å². The lowest BCUT2D eigenvalue weighted by molar-refractivity contribution is -0.121. The molecular formula is C27H19BrN2O5S2. The highest BCUT2D eigenvalue weighted by Crippen LogP contribution is 2.47. The first-order chi connectivity index (χ1) is 17.8. The average Bonchev–Trinajstić information content (AvgIpc) is 2.90. The highest BCUT2D eigenvalue weighted by atomic mass is 79.9. The molecule has 0 bridgehead atoms. The third kappa shape index (κ3) is 5.27. The molecule has 5 rings (SSSR count). The number of hydrogen-bond donors (Lipinski definition) is 1. The van der Waals surface area contributed by atoms with Crippen LogP contribution >= 0.6 is 27.7 Å². The van der Waals surface area contributed by atoms with Gasteiger partial charge in [-0.1, -0.05) is 64.1 Å². The molecule has 0 saturated carbocycles. The first kappa shape index (κ1) is 25.1. The van der Waals surface area contributed by atoms with Crippen LogP contribution in [0.15, 0.2) is 116 Å². The fourth-order valence-corrected chi connectivity index (χ4v) is 6.21. The van der Waals surface area contributed by atoms with Crippen molar-refractivity contribution in [2.45, 2.75) is 14.7 Å².